The maximum absolute atomic E-state index is 13.1. The third-order valence-corrected chi connectivity index (χ3v) is 3.93. The molecular weight excluding hydrogens is 257 g/mol. The number of fused-ring (bicyclic) bond motifs is 1. The van der Waals surface area contributed by atoms with Gasteiger partial charge in [0.15, 0.2) is 0 Å². The second-order valence-corrected chi connectivity index (χ2v) is 5.50. The van der Waals surface area contributed by atoms with Crippen LogP contribution in [0.15, 0.2) is 24.3 Å². The Bertz CT molecular complexity index is 629. The largest absolute Gasteiger partial charge is 0.351 e. The zero-order chi connectivity index (χ0) is 14.1. The van der Waals surface area contributed by atoms with Gasteiger partial charge in [-0.05, 0) is 49.9 Å². The second-order valence-electron chi connectivity index (χ2n) is 5.50. The quantitative estimate of drug-likeness (QED) is 0.787. The van der Waals surface area contributed by atoms with Gasteiger partial charge in [-0.2, -0.15) is 0 Å². The Hall–Kier alpha value is -1.88. The van der Waals surface area contributed by atoms with Crippen molar-refractivity contribution in [3.05, 3.63) is 35.8 Å². The molecule has 2 aromatic rings. The fourth-order valence-electron chi connectivity index (χ4n) is 2.75. The van der Waals surface area contributed by atoms with Crippen LogP contribution in [0.5, 0.6) is 0 Å². The van der Waals surface area contributed by atoms with Crippen LogP contribution in [0, 0.1) is 5.82 Å². The van der Waals surface area contributed by atoms with Crippen molar-refractivity contribution in [2.75, 3.05) is 0 Å². The molecule has 1 fully saturated rings. The number of nitrogens with one attached hydrogen (secondary N) is 2. The van der Waals surface area contributed by atoms with Gasteiger partial charge in [-0.15, -0.1) is 0 Å². The number of H-pyrrole nitrogens is 1. The standard InChI is InChI=1S/C15H18FN3O/c16-10-1-6-13-9(7-10)8-14(19-13)15(20)18-12-4-2-11(17)3-5-12/h1,6-8,11-12,19H,2-5,17H2,(H,18,20). The zero-order valence-corrected chi connectivity index (χ0v) is 11.2. The first kappa shape index (κ1) is 13.1. The number of halogens is 1. The van der Waals surface area contributed by atoms with Gasteiger partial charge >= 0.3 is 0 Å². The lowest BCUT2D eigenvalue weighted by atomic mass is 9.92. The number of rotatable bonds is 2. The van der Waals surface area contributed by atoms with E-state index in [0.29, 0.717) is 11.1 Å². The Morgan fingerprint density at radius 2 is 2.00 bits per heavy atom. The van der Waals surface area contributed by atoms with Gasteiger partial charge < -0.3 is 16.0 Å². The number of carbonyl (C=O) groups is 1. The first-order valence-corrected chi connectivity index (χ1v) is 6.96. The summed E-state index contributed by atoms with van der Waals surface area (Å²) < 4.78 is 13.1. The summed E-state index contributed by atoms with van der Waals surface area (Å²) in [6.45, 7) is 0. The Morgan fingerprint density at radius 3 is 2.75 bits per heavy atom. The maximum atomic E-state index is 13.1. The lowest BCUT2D eigenvalue weighted by Gasteiger charge is -2.26. The highest BCUT2D eigenvalue weighted by Crippen LogP contribution is 2.19. The highest BCUT2D eigenvalue weighted by Gasteiger charge is 2.21. The fourth-order valence-corrected chi connectivity index (χ4v) is 2.75. The molecule has 0 atom stereocenters. The van der Waals surface area contributed by atoms with E-state index < -0.39 is 0 Å². The monoisotopic (exact) mass is 275 g/mol. The Labute approximate surface area is 116 Å². The summed E-state index contributed by atoms with van der Waals surface area (Å²) in [5, 5.41) is 3.72. The second kappa shape index (κ2) is 5.25. The summed E-state index contributed by atoms with van der Waals surface area (Å²) in [6, 6.07) is 6.57. The fraction of sp³-hybridized carbons (Fsp3) is 0.400. The van der Waals surface area contributed by atoms with Crippen LogP contribution < -0.4 is 11.1 Å². The van der Waals surface area contributed by atoms with Gasteiger partial charge in [0.1, 0.15) is 11.5 Å². The predicted molar refractivity (Wildman–Crippen MR) is 76.0 cm³/mol. The molecule has 0 saturated heterocycles. The minimum atomic E-state index is -0.301. The Morgan fingerprint density at radius 1 is 1.25 bits per heavy atom. The molecule has 1 aliphatic rings. The SMILES string of the molecule is NC1CCC(NC(=O)c2cc3cc(F)ccc3[nH]2)CC1. The molecule has 4 nitrogen and oxygen atoms in total. The van der Waals surface area contributed by atoms with Crippen molar-refractivity contribution >= 4 is 16.8 Å². The molecule has 1 amide bonds. The number of hydrogen-bond acceptors (Lipinski definition) is 2. The summed E-state index contributed by atoms with van der Waals surface area (Å²) in [6.07, 6.45) is 3.73. The highest BCUT2D eigenvalue weighted by molar-refractivity contribution is 5.98. The first-order valence-electron chi connectivity index (χ1n) is 6.96. The first-order chi connectivity index (χ1) is 9.61. The average molecular weight is 275 g/mol. The van der Waals surface area contributed by atoms with Gasteiger partial charge in [-0.25, -0.2) is 4.39 Å². The molecule has 0 radical (unpaired) electrons. The summed E-state index contributed by atoms with van der Waals surface area (Å²) >= 11 is 0. The van der Waals surface area contributed by atoms with E-state index in [1.54, 1.807) is 12.1 Å². The molecular formula is C15H18FN3O. The van der Waals surface area contributed by atoms with Crippen LogP contribution in [0.4, 0.5) is 4.39 Å². The van der Waals surface area contributed by atoms with Gasteiger partial charge in [0.25, 0.3) is 5.91 Å². The zero-order valence-electron chi connectivity index (χ0n) is 11.2. The molecule has 1 saturated carbocycles. The van der Waals surface area contributed by atoms with E-state index in [-0.39, 0.29) is 23.8 Å². The van der Waals surface area contributed by atoms with Crippen LogP contribution >= 0.6 is 0 Å². The maximum Gasteiger partial charge on any atom is 0.267 e. The predicted octanol–water partition coefficient (Wildman–Crippen LogP) is 2.31. The minimum absolute atomic E-state index is 0.137. The Balaban J connectivity index is 1.72. The van der Waals surface area contributed by atoms with Crippen LogP contribution in [0.3, 0.4) is 0 Å². The summed E-state index contributed by atoms with van der Waals surface area (Å²) in [5.41, 5.74) is 7.09. The average Bonchev–Trinajstić information content (AvgIpc) is 2.84. The van der Waals surface area contributed by atoms with Crippen LogP contribution in [-0.2, 0) is 0 Å². The number of benzene rings is 1. The third-order valence-electron chi connectivity index (χ3n) is 3.93. The smallest absolute Gasteiger partial charge is 0.267 e. The van der Waals surface area contributed by atoms with Crippen LogP contribution in [-0.4, -0.2) is 23.0 Å². The highest BCUT2D eigenvalue weighted by atomic mass is 19.1. The molecule has 0 aliphatic heterocycles. The van der Waals surface area contributed by atoms with Crippen molar-refractivity contribution < 1.29 is 9.18 Å². The van der Waals surface area contributed by atoms with E-state index in [1.165, 1.54) is 12.1 Å². The number of aromatic amines is 1. The molecule has 1 aliphatic carbocycles. The van der Waals surface area contributed by atoms with Crippen molar-refractivity contribution in [2.45, 2.75) is 37.8 Å². The van der Waals surface area contributed by atoms with E-state index in [0.717, 1.165) is 31.2 Å². The number of amides is 1. The van der Waals surface area contributed by atoms with Crippen molar-refractivity contribution in [3.8, 4) is 0 Å². The summed E-state index contributed by atoms with van der Waals surface area (Å²) in [5.74, 6) is -0.438. The van der Waals surface area contributed by atoms with E-state index in [4.69, 9.17) is 5.73 Å². The van der Waals surface area contributed by atoms with Crippen LogP contribution in [0.25, 0.3) is 10.9 Å². The summed E-state index contributed by atoms with van der Waals surface area (Å²) in [4.78, 5) is 15.2. The van der Waals surface area contributed by atoms with Gasteiger partial charge in [-0.1, -0.05) is 0 Å². The molecule has 1 aromatic carbocycles. The molecule has 106 valence electrons. The minimum Gasteiger partial charge on any atom is -0.351 e. The Kier molecular flexibility index (Phi) is 3.44. The number of aromatic nitrogens is 1. The number of carbonyl (C=O) groups excluding carboxylic acids is 1. The molecule has 0 unspecified atom stereocenters. The van der Waals surface area contributed by atoms with Gasteiger partial charge in [0, 0.05) is 23.0 Å². The van der Waals surface area contributed by atoms with Crippen molar-refractivity contribution in [1.82, 2.24) is 10.3 Å². The molecule has 4 N–H and O–H groups in total. The third kappa shape index (κ3) is 2.67. The van der Waals surface area contributed by atoms with Gasteiger partial charge in [0.05, 0.1) is 0 Å². The van der Waals surface area contributed by atoms with Crippen LogP contribution in [0.2, 0.25) is 0 Å². The molecule has 1 aromatic heterocycles. The molecule has 20 heavy (non-hydrogen) atoms. The van der Waals surface area contributed by atoms with Crippen molar-refractivity contribution in [3.63, 3.8) is 0 Å². The summed E-state index contributed by atoms with van der Waals surface area (Å²) in [7, 11) is 0. The molecule has 1 heterocycles. The lowest BCUT2D eigenvalue weighted by molar-refractivity contribution is 0.0921. The van der Waals surface area contributed by atoms with Crippen LogP contribution in [0.1, 0.15) is 36.2 Å². The van der Waals surface area contributed by atoms with E-state index in [2.05, 4.69) is 10.3 Å². The topological polar surface area (TPSA) is 70.9 Å². The normalized spacial score (nSPS) is 22.9. The molecule has 5 heteroatoms. The number of nitrogens with two attached hydrogens (primary N) is 1. The van der Waals surface area contributed by atoms with Crippen molar-refractivity contribution in [1.29, 1.82) is 0 Å². The van der Waals surface area contributed by atoms with Gasteiger partial charge in [0.2, 0.25) is 0 Å². The number of hydrogen-bond donors (Lipinski definition) is 3. The van der Waals surface area contributed by atoms with Gasteiger partial charge in [-0.3, -0.25) is 4.79 Å². The van der Waals surface area contributed by atoms with E-state index in [1.807, 2.05) is 0 Å². The molecule has 0 spiro atoms. The molecule has 3 rings (SSSR count). The lowest BCUT2D eigenvalue weighted by Crippen LogP contribution is -2.40. The molecule has 0 bridgehead atoms. The van der Waals surface area contributed by atoms with E-state index >= 15 is 0 Å². The van der Waals surface area contributed by atoms with E-state index in [9.17, 15) is 9.18 Å². The van der Waals surface area contributed by atoms with Crippen molar-refractivity contribution in [2.24, 2.45) is 5.73 Å².